The summed E-state index contributed by atoms with van der Waals surface area (Å²) in [5.41, 5.74) is 1.91. The number of hydrogen-bond acceptors (Lipinski definition) is 4. The van der Waals surface area contributed by atoms with Crippen molar-refractivity contribution in [1.29, 1.82) is 0 Å². The molecular weight excluding hydrogens is 358 g/mol. The number of carbonyl (C=O) groups is 2. The lowest BCUT2D eigenvalue weighted by molar-refractivity contribution is -0.132. The Morgan fingerprint density at radius 1 is 1.11 bits per heavy atom. The maximum absolute atomic E-state index is 12.5. The van der Waals surface area contributed by atoms with Gasteiger partial charge >= 0.3 is 0 Å². The van der Waals surface area contributed by atoms with E-state index in [1.54, 1.807) is 11.8 Å². The van der Waals surface area contributed by atoms with Crippen LogP contribution in [-0.4, -0.2) is 34.8 Å². The molecule has 0 saturated carbocycles. The van der Waals surface area contributed by atoms with Crippen molar-refractivity contribution in [3.05, 3.63) is 47.8 Å². The second-order valence-electron chi connectivity index (χ2n) is 6.87. The third-order valence-corrected chi connectivity index (χ3v) is 5.85. The summed E-state index contributed by atoms with van der Waals surface area (Å²) in [5.74, 6) is 0.0139. The van der Waals surface area contributed by atoms with E-state index in [2.05, 4.69) is 40.6 Å². The summed E-state index contributed by atoms with van der Waals surface area (Å²) < 4.78 is 0. The first-order valence-corrected chi connectivity index (χ1v) is 9.99. The molecule has 1 aromatic heterocycles. The third kappa shape index (κ3) is 3.85. The summed E-state index contributed by atoms with van der Waals surface area (Å²) in [6.07, 6.45) is 1.41. The van der Waals surface area contributed by atoms with Crippen molar-refractivity contribution < 1.29 is 9.59 Å². The second-order valence-corrected chi connectivity index (χ2v) is 7.73. The molecule has 3 aromatic rings. The van der Waals surface area contributed by atoms with Crippen LogP contribution in [0.3, 0.4) is 0 Å². The summed E-state index contributed by atoms with van der Waals surface area (Å²) in [6.45, 7) is 2.87. The van der Waals surface area contributed by atoms with Crippen molar-refractivity contribution in [3.8, 4) is 11.3 Å². The third-order valence-electron chi connectivity index (χ3n) is 5.09. The molecule has 1 N–H and O–H groups in total. The van der Waals surface area contributed by atoms with Gasteiger partial charge in [-0.25, -0.2) is 4.98 Å². The molecule has 0 aliphatic carbocycles. The van der Waals surface area contributed by atoms with Crippen molar-refractivity contribution in [2.45, 2.75) is 19.8 Å². The molecular formula is C21H21N3O2S. The minimum absolute atomic E-state index is 0.00221. The van der Waals surface area contributed by atoms with E-state index in [4.69, 9.17) is 0 Å². The van der Waals surface area contributed by atoms with Gasteiger partial charge in [0.15, 0.2) is 5.13 Å². The lowest BCUT2D eigenvalue weighted by Gasteiger charge is -2.30. The van der Waals surface area contributed by atoms with Crippen molar-refractivity contribution in [2.24, 2.45) is 5.92 Å². The van der Waals surface area contributed by atoms with Gasteiger partial charge in [-0.3, -0.25) is 9.59 Å². The van der Waals surface area contributed by atoms with E-state index in [1.807, 2.05) is 17.5 Å². The van der Waals surface area contributed by atoms with Gasteiger partial charge in [0.2, 0.25) is 11.8 Å². The van der Waals surface area contributed by atoms with Gasteiger partial charge in [-0.2, -0.15) is 0 Å². The van der Waals surface area contributed by atoms with Crippen LogP contribution in [0.25, 0.3) is 22.0 Å². The van der Waals surface area contributed by atoms with Gasteiger partial charge < -0.3 is 10.2 Å². The fraction of sp³-hybridized carbons (Fsp3) is 0.286. The molecule has 1 aliphatic heterocycles. The standard InChI is InChI=1S/C21H21N3O2S/c1-14(25)24-10-8-16(9-11-24)20(26)23-21-22-19(13-27-21)18-7-6-15-4-2-3-5-17(15)12-18/h2-7,12-13,16H,8-11H2,1H3,(H,22,23,26). The molecule has 2 amide bonds. The largest absolute Gasteiger partial charge is 0.343 e. The molecule has 1 fully saturated rings. The van der Waals surface area contributed by atoms with Crippen LogP contribution in [0.1, 0.15) is 19.8 Å². The van der Waals surface area contributed by atoms with E-state index in [-0.39, 0.29) is 17.7 Å². The highest BCUT2D eigenvalue weighted by atomic mass is 32.1. The average Bonchev–Trinajstić information content (AvgIpc) is 3.16. The Labute approximate surface area is 162 Å². The highest BCUT2D eigenvalue weighted by Gasteiger charge is 2.26. The number of nitrogens with one attached hydrogen (secondary N) is 1. The Balaban J connectivity index is 1.43. The van der Waals surface area contributed by atoms with Crippen LogP contribution >= 0.6 is 11.3 Å². The first-order chi connectivity index (χ1) is 13.1. The van der Waals surface area contributed by atoms with Gasteiger partial charge in [-0.05, 0) is 29.7 Å². The summed E-state index contributed by atoms with van der Waals surface area (Å²) in [4.78, 5) is 30.3. The number of aromatic nitrogens is 1. The number of anilines is 1. The lowest BCUT2D eigenvalue weighted by Crippen LogP contribution is -2.40. The Kier molecular flexibility index (Phi) is 4.90. The quantitative estimate of drug-likeness (QED) is 0.743. The number of nitrogens with zero attached hydrogens (tertiary/aromatic N) is 2. The van der Waals surface area contributed by atoms with Crippen molar-refractivity contribution in [3.63, 3.8) is 0 Å². The summed E-state index contributed by atoms with van der Waals surface area (Å²) in [5, 5.41) is 7.91. The summed E-state index contributed by atoms with van der Waals surface area (Å²) in [7, 11) is 0. The zero-order chi connectivity index (χ0) is 18.8. The lowest BCUT2D eigenvalue weighted by atomic mass is 9.96. The molecule has 0 radical (unpaired) electrons. The van der Waals surface area contributed by atoms with Crippen LogP contribution in [-0.2, 0) is 9.59 Å². The Morgan fingerprint density at radius 2 is 1.85 bits per heavy atom. The average molecular weight is 379 g/mol. The first kappa shape index (κ1) is 17.7. The molecule has 0 unspecified atom stereocenters. The predicted molar refractivity (Wildman–Crippen MR) is 109 cm³/mol. The van der Waals surface area contributed by atoms with Gasteiger partial charge in [0.25, 0.3) is 0 Å². The molecule has 1 saturated heterocycles. The van der Waals surface area contributed by atoms with Gasteiger partial charge in [0.05, 0.1) is 5.69 Å². The van der Waals surface area contributed by atoms with E-state index in [0.29, 0.717) is 31.1 Å². The molecule has 2 heterocycles. The number of rotatable bonds is 3. The second kappa shape index (κ2) is 7.48. The van der Waals surface area contributed by atoms with E-state index in [1.165, 1.54) is 22.1 Å². The number of likely N-dealkylation sites (tertiary alicyclic amines) is 1. The monoisotopic (exact) mass is 379 g/mol. The van der Waals surface area contributed by atoms with Crippen molar-refractivity contribution in [1.82, 2.24) is 9.88 Å². The molecule has 27 heavy (non-hydrogen) atoms. The van der Waals surface area contributed by atoms with Gasteiger partial charge in [-0.1, -0.05) is 36.4 Å². The molecule has 0 spiro atoms. The maximum Gasteiger partial charge on any atom is 0.229 e. The maximum atomic E-state index is 12.5. The zero-order valence-electron chi connectivity index (χ0n) is 15.1. The number of carbonyl (C=O) groups excluding carboxylic acids is 2. The smallest absolute Gasteiger partial charge is 0.229 e. The van der Waals surface area contributed by atoms with E-state index >= 15 is 0 Å². The molecule has 4 rings (SSSR count). The SMILES string of the molecule is CC(=O)N1CCC(C(=O)Nc2nc(-c3ccc4ccccc4c3)cs2)CC1. The normalized spacial score (nSPS) is 15.1. The van der Waals surface area contributed by atoms with Crippen molar-refractivity contribution >= 4 is 39.1 Å². The van der Waals surface area contributed by atoms with E-state index in [0.717, 1.165) is 11.3 Å². The summed E-state index contributed by atoms with van der Waals surface area (Å²) in [6, 6.07) is 14.5. The Hall–Kier alpha value is -2.73. The number of thiazole rings is 1. The highest BCUT2D eigenvalue weighted by molar-refractivity contribution is 7.14. The number of piperidine rings is 1. The molecule has 1 aliphatic rings. The minimum Gasteiger partial charge on any atom is -0.343 e. The Morgan fingerprint density at radius 3 is 2.59 bits per heavy atom. The minimum atomic E-state index is -0.0615. The van der Waals surface area contributed by atoms with Gasteiger partial charge in [0, 0.05) is 36.9 Å². The Bertz CT molecular complexity index is 990. The zero-order valence-corrected chi connectivity index (χ0v) is 16.0. The van der Waals surface area contributed by atoms with Crippen LogP contribution < -0.4 is 5.32 Å². The highest BCUT2D eigenvalue weighted by Crippen LogP contribution is 2.28. The fourth-order valence-electron chi connectivity index (χ4n) is 3.48. The molecule has 6 heteroatoms. The molecule has 0 bridgehead atoms. The van der Waals surface area contributed by atoms with Gasteiger partial charge in [-0.15, -0.1) is 11.3 Å². The van der Waals surface area contributed by atoms with Crippen LogP contribution in [0.15, 0.2) is 47.8 Å². The van der Waals surface area contributed by atoms with Crippen LogP contribution in [0.2, 0.25) is 0 Å². The fourth-order valence-corrected chi connectivity index (χ4v) is 4.20. The number of hydrogen-bond donors (Lipinski definition) is 1. The molecule has 5 nitrogen and oxygen atoms in total. The van der Waals surface area contributed by atoms with Gasteiger partial charge in [0.1, 0.15) is 0 Å². The number of benzene rings is 2. The molecule has 0 atom stereocenters. The number of fused-ring (bicyclic) bond motifs is 1. The van der Waals surface area contributed by atoms with Crippen LogP contribution in [0.5, 0.6) is 0 Å². The van der Waals surface area contributed by atoms with E-state index < -0.39 is 0 Å². The van der Waals surface area contributed by atoms with Crippen molar-refractivity contribution in [2.75, 3.05) is 18.4 Å². The number of amides is 2. The van der Waals surface area contributed by atoms with Crippen LogP contribution in [0.4, 0.5) is 5.13 Å². The predicted octanol–water partition coefficient (Wildman–Crippen LogP) is 4.16. The topological polar surface area (TPSA) is 62.3 Å². The summed E-state index contributed by atoms with van der Waals surface area (Å²) >= 11 is 1.44. The first-order valence-electron chi connectivity index (χ1n) is 9.11. The molecule has 138 valence electrons. The van der Waals surface area contributed by atoms with E-state index in [9.17, 15) is 9.59 Å². The molecule has 2 aromatic carbocycles. The van der Waals surface area contributed by atoms with Crippen LogP contribution in [0, 0.1) is 5.92 Å².